The average molecular weight is 463 g/mol. The molecular formula is C30H38O4. The molecule has 1 unspecified atom stereocenters. The van der Waals surface area contributed by atoms with E-state index in [0.29, 0.717) is 24.3 Å². The van der Waals surface area contributed by atoms with Crippen LogP contribution in [0.4, 0.5) is 0 Å². The smallest absolute Gasteiger partial charge is 0.402 e. The fourth-order valence-electron chi connectivity index (χ4n) is 4.25. The maximum absolute atomic E-state index is 12.3. The Morgan fingerprint density at radius 3 is 1.62 bits per heavy atom. The fourth-order valence-corrected chi connectivity index (χ4v) is 4.25. The van der Waals surface area contributed by atoms with E-state index in [-0.39, 0.29) is 0 Å². The van der Waals surface area contributed by atoms with Crippen LogP contribution in [0.2, 0.25) is 0 Å². The molecule has 3 rings (SSSR count). The molecule has 0 radical (unpaired) electrons. The van der Waals surface area contributed by atoms with Crippen LogP contribution in [0.25, 0.3) is 0 Å². The number of hydrogen-bond acceptors (Lipinski definition) is 4. The van der Waals surface area contributed by atoms with Gasteiger partial charge in [0.05, 0.1) is 0 Å². The van der Waals surface area contributed by atoms with Gasteiger partial charge in [0, 0.05) is 13.5 Å². The first kappa shape index (κ1) is 25.8. The molecule has 4 heteroatoms. The first-order chi connectivity index (χ1) is 16.6. The summed E-state index contributed by atoms with van der Waals surface area (Å²) in [6.07, 6.45) is 7.49. The van der Waals surface area contributed by atoms with Crippen molar-refractivity contribution in [2.75, 3.05) is 7.11 Å². The average Bonchev–Trinajstić information content (AvgIpc) is 2.87. The Labute approximate surface area is 204 Å². The third kappa shape index (κ3) is 7.09. The van der Waals surface area contributed by atoms with E-state index in [1.54, 1.807) is 0 Å². The number of benzene rings is 3. The maximum atomic E-state index is 12.3. The topological polar surface area (TPSA) is 47.9 Å². The molecule has 0 heterocycles. The highest BCUT2D eigenvalue weighted by atomic mass is 16.9. The third-order valence-corrected chi connectivity index (χ3v) is 6.11. The van der Waals surface area contributed by atoms with Crippen LogP contribution in [0.5, 0.6) is 11.5 Å². The quantitative estimate of drug-likeness (QED) is 0.192. The van der Waals surface area contributed by atoms with Crippen molar-refractivity contribution in [1.82, 2.24) is 0 Å². The fraction of sp³-hybridized carbons (Fsp3) is 0.400. The molecular weight excluding hydrogens is 424 g/mol. The van der Waals surface area contributed by atoms with E-state index >= 15 is 0 Å². The predicted molar refractivity (Wildman–Crippen MR) is 137 cm³/mol. The lowest BCUT2D eigenvalue weighted by molar-refractivity contribution is -0.371. The minimum atomic E-state index is -1.74. The highest BCUT2D eigenvalue weighted by Gasteiger charge is 2.57. The van der Waals surface area contributed by atoms with Crippen molar-refractivity contribution in [3.63, 3.8) is 0 Å². The van der Waals surface area contributed by atoms with Gasteiger partial charge in [-0.2, -0.15) is 0 Å². The van der Waals surface area contributed by atoms with Crippen molar-refractivity contribution < 1.29 is 19.3 Å². The molecule has 3 aromatic rings. The van der Waals surface area contributed by atoms with E-state index in [2.05, 4.69) is 6.92 Å². The van der Waals surface area contributed by atoms with Crippen molar-refractivity contribution in [3.05, 3.63) is 96.6 Å². The Morgan fingerprint density at radius 1 is 0.647 bits per heavy atom. The number of unbranched alkanes of at least 4 members (excludes halogenated alkanes) is 5. The summed E-state index contributed by atoms with van der Waals surface area (Å²) in [4.78, 5) is 0. The van der Waals surface area contributed by atoms with Gasteiger partial charge < -0.3 is 19.3 Å². The third-order valence-electron chi connectivity index (χ3n) is 6.11. The van der Waals surface area contributed by atoms with Gasteiger partial charge in [0.15, 0.2) is 5.60 Å². The van der Waals surface area contributed by atoms with Crippen molar-refractivity contribution in [3.8, 4) is 11.5 Å². The number of hydrogen-bond donors (Lipinski definition) is 1. The zero-order valence-electron chi connectivity index (χ0n) is 20.5. The SMILES string of the molecule is CCCCCCCCC(O)(Cc1ccccc1)C(OC)(Oc1ccccc1)Oc1ccccc1. The zero-order chi connectivity index (χ0) is 24.1. The summed E-state index contributed by atoms with van der Waals surface area (Å²) in [7, 11) is 1.53. The molecule has 0 amide bonds. The summed E-state index contributed by atoms with van der Waals surface area (Å²) in [5, 5.41) is 12.3. The van der Waals surface area contributed by atoms with Gasteiger partial charge in [-0.15, -0.1) is 0 Å². The van der Waals surface area contributed by atoms with Crippen molar-refractivity contribution in [2.45, 2.75) is 69.9 Å². The van der Waals surface area contributed by atoms with Crippen LogP contribution in [-0.4, -0.2) is 23.8 Å². The van der Waals surface area contributed by atoms with Crippen molar-refractivity contribution in [2.24, 2.45) is 0 Å². The molecule has 0 aliphatic rings. The van der Waals surface area contributed by atoms with Crippen LogP contribution in [0, 0.1) is 0 Å². The van der Waals surface area contributed by atoms with Gasteiger partial charge in [-0.3, -0.25) is 0 Å². The number of para-hydroxylation sites is 2. The number of aliphatic hydroxyl groups is 1. The second-order valence-electron chi connectivity index (χ2n) is 8.80. The van der Waals surface area contributed by atoms with Crippen LogP contribution in [0.1, 0.15) is 57.4 Å². The van der Waals surface area contributed by atoms with E-state index in [1.165, 1.54) is 26.4 Å². The van der Waals surface area contributed by atoms with Crippen LogP contribution in [0.3, 0.4) is 0 Å². The van der Waals surface area contributed by atoms with Crippen LogP contribution in [0.15, 0.2) is 91.0 Å². The summed E-state index contributed by atoms with van der Waals surface area (Å²) >= 11 is 0. The Kier molecular flexibility index (Phi) is 9.99. The summed E-state index contributed by atoms with van der Waals surface area (Å²) in [6, 6.07) is 28.7. The predicted octanol–water partition coefficient (Wildman–Crippen LogP) is 7.17. The summed E-state index contributed by atoms with van der Waals surface area (Å²) in [5.41, 5.74) is -0.453. The first-order valence-corrected chi connectivity index (χ1v) is 12.4. The molecule has 1 atom stereocenters. The second-order valence-corrected chi connectivity index (χ2v) is 8.80. The van der Waals surface area contributed by atoms with Crippen LogP contribution in [-0.2, 0) is 11.2 Å². The van der Waals surface area contributed by atoms with Crippen LogP contribution >= 0.6 is 0 Å². The molecule has 1 N–H and O–H groups in total. The molecule has 0 aromatic heterocycles. The van der Waals surface area contributed by atoms with E-state index in [0.717, 1.165) is 24.8 Å². The molecule has 3 aromatic carbocycles. The lowest BCUT2D eigenvalue weighted by Gasteiger charge is -2.44. The Balaban J connectivity index is 1.95. The minimum absolute atomic E-state index is 0.330. The van der Waals surface area contributed by atoms with Gasteiger partial charge in [-0.1, -0.05) is 112 Å². The van der Waals surface area contributed by atoms with E-state index in [4.69, 9.17) is 14.2 Å². The van der Waals surface area contributed by atoms with Gasteiger partial charge in [-0.25, -0.2) is 0 Å². The maximum Gasteiger partial charge on any atom is 0.402 e. The lowest BCUT2D eigenvalue weighted by Crippen LogP contribution is -2.64. The van der Waals surface area contributed by atoms with Gasteiger partial charge >= 0.3 is 5.97 Å². The number of methoxy groups -OCH3 is 1. The summed E-state index contributed by atoms with van der Waals surface area (Å²) in [6.45, 7) is 2.22. The molecule has 4 nitrogen and oxygen atoms in total. The van der Waals surface area contributed by atoms with E-state index < -0.39 is 11.6 Å². The first-order valence-electron chi connectivity index (χ1n) is 12.4. The molecule has 0 bridgehead atoms. The minimum Gasteiger partial charge on any atom is -0.428 e. The Morgan fingerprint density at radius 2 is 1.12 bits per heavy atom. The molecule has 0 aliphatic carbocycles. The normalized spacial score (nSPS) is 13.3. The van der Waals surface area contributed by atoms with Crippen LogP contribution < -0.4 is 9.47 Å². The molecule has 0 saturated heterocycles. The molecule has 0 aliphatic heterocycles. The molecule has 182 valence electrons. The molecule has 0 spiro atoms. The highest BCUT2D eigenvalue weighted by molar-refractivity contribution is 5.26. The largest absolute Gasteiger partial charge is 0.428 e. The highest BCUT2D eigenvalue weighted by Crippen LogP contribution is 2.38. The van der Waals surface area contributed by atoms with Crippen molar-refractivity contribution in [1.29, 1.82) is 0 Å². The Hall–Kier alpha value is -2.82. The van der Waals surface area contributed by atoms with E-state index in [9.17, 15) is 5.11 Å². The summed E-state index contributed by atoms with van der Waals surface area (Å²) < 4.78 is 18.8. The van der Waals surface area contributed by atoms with Crippen molar-refractivity contribution >= 4 is 0 Å². The molecule has 0 saturated carbocycles. The molecule has 34 heavy (non-hydrogen) atoms. The lowest BCUT2D eigenvalue weighted by atomic mass is 9.86. The second kappa shape index (κ2) is 13.2. The monoisotopic (exact) mass is 462 g/mol. The van der Waals surface area contributed by atoms with Gasteiger partial charge in [-0.05, 0) is 36.2 Å². The summed E-state index contributed by atoms with van der Waals surface area (Å²) in [5.74, 6) is -0.612. The number of ether oxygens (including phenoxy) is 3. The van der Waals surface area contributed by atoms with Gasteiger partial charge in [0.25, 0.3) is 0 Å². The van der Waals surface area contributed by atoms with E-state index in [1.807, 2.05) is 91.0 Å². The van der Waals surface area contributed by atoms with Gasteiger partial charge in [0.1, 0.15) is 11.5 Å². The standard InChI is InChI=1S/C30H38O4/c1-3-4-5-6-7-17-24-29(31,25-26-18-11-8-12-19-26)30(32-2,33-27-20-13-9-14-21-27)34-28-22-15-10-16-23-28/h8-16,18-23,31H,3-7,17,24-25H2,1-2H3. The van der Waals surface area contributed by atoms with Gasteiger partial charge in [0.2, 0.25) is 0 Å². The number of rotatable bonds is 15. The Bertz CT molecular complexity index is 888. The molecule has 0 fully saturated rings. The zero-order valence-corrected chi connectivity index (χ0v) is 20.5.